The predicted molar refractivity (Wildman–Crippen MR) is 69.6 cm³/mol. The molecular formula is C13H15N3O3. The van der Waals surface area contributed by atoms with Gasteiger partial charge in [0.1, 0.15) is 0 Å². The SMILES string of the molecule is Cc1ccc([N+](=O)[O-])cc1C(=O)N(C)C(C)CC#N. The number of non-ortho nitro benzene ring substituents is 1. The molecule has 6 heteroatoms. The number of hydrogen-bond acceptors (Lipinski definition) is 4. The van der Waals surface area contributed by atoms with Gasteiger partial charge in [0.15, 0.2) is 0 Å². The number of amides is 1. The van der Waals surface area contributed by atoms with E-state index < -0.39 is 4.92 Å². The number of benzene rings is 1. The molecule has 1 aromatic rings. The predicted octanol–water partition coefficient (Wildman–Crippen LogP) is 2.28. The van der Waals surface area contributed by atoms with Gasteiger partial charge >= 0.3 is 0 Å². The lowest BCUT2D eigenvalue weighted by Crippen LogP contribution is -2.35. The lowest BCUT2D eigenvalue weighted by Gasteiger charge is -2.23. The van der Waals surface area contributed by atoms with E-state index in [0.29, 0.717) is 11.1 Å². The summed E-state index contributed by atoms with van der Waals surface area (Å²) in [7, 11) is 1.59. The third kappa shape index (κ3) is 3.28. The molecule has 0 saturated heterocycles. The normalized spacial score (nSPS) is 11.5. The van der Waals surface area contributed by atoms with Gasteiger partial charge < -0.3 is 4.90 Å². The first-order valence-electron chi connectivity index (χ1n) is 5.77. The molecular weight excluding hydrogens is 246 g/mol. The summed E-state index contributed by atoms with van der Waals surface area (Å²) < 4.78 is 0. The van der Waals surface area contributed by atoms with Crippen LogP contribution in [-0.2, 0) is 0 Å². The molecule has 0 bridgehead atoms. The summed E-state index contributed by atoms with van der Waals surface area (Å²) >= 11 is 0. The van der Waals surface area contributed by atoms with Gasteiger partial charge in [-0.3, -0.25) is 14.9 Å². The zero-order valence-corrected chi connectivity index (χ0v) is 11.1. The topological polar surface area (TPSA) is 87.2 Å². The van der Waals surface area contributed by atoms with Crippen LogP contribution in [0.25, 0.3) is 0 Å². The van der Waals surface area contributed by atoms with E-state index in [1.54, 1.807) is 27.0 Å². The summed E-state index contributed by atoms with van der Waals surface area (Å²) in [6.07, 6.45) is 0.218. The number of rotatable bonds is 4. The molecule has 0 N–H and O–H groups in total. The molecule has 0 aliphatic carbocycles. The second-order valence-corrected chi connectivity index (χ2v) is 4.38. The van der Waals surface area contributed by atoms with E-state index in [1.807, 2.05) is 6.07 Å². The lowest BCUT2D eigenvalue weighted by atomic mass is 10.1. The van der Waals surface area contributed by atoms with Crippen molar-refractivity contribution in [3.63, 3.8) is 0 Å². The van der Waals surface area contributed by atoms with Crippen molar-refractivity contribution in [1.29, 1.82) is 5.26 Å². The van der Waals surface area contributed by atoms with Crippen LogP contribution in [0.15, 0.2) is 18.2 Å². The lowest BCUT2D eigenvalue weighted by molar-refractivity contribution is -0.384. The second-order valence-electron chi connectivity index (χ2n) is 4.38. The van der Waals surface area contributed by atoms with Crippen LogP contribution in [0.4, 0.5) is 5.69 Å². The Balaban J connectivity index is 3.09. The zero-order valence-electron chi connectivity index (χ0n) is 11.1. The van der Waals surface area contributed by atoms with E-state index >= 15 is 0 Å². The van der Waals surface area contributed by atoms with Gasteiger partial charge in [0, 0.05) is 30.8 Å². The molecule has 0 aliphatic rings. The number of carbonyl (C=O) groups is 1. The smallest absolute Gasteiger partial charge is 0.270 e. The molecule has 0 saturated carbocycles. The molecule has 1 amide bonds. The highest BCUT2D eigenvalue weighted by Crippen LogP contribution is 2.19. The molecule has 0 spiro atoms. The Morgan fingerprint density at radius 2 is 2.21 bits per heavy atom. The third-order valence-corrected chi connectivity index (χ3v) is 3.03. The number of nitrogens with zero attached hydrogens (tertiary/aromatic N) is 3. The van der Waals surface area contributed by atoms with Gasteiger partial charge in [-0.1, -0.05) is 6.07 Å². The minimum Gasteiger partial charge on any atom is -0.338 e. The fourth-order valence-corrected chi connectivity index (χ4v) is 1.61. The maximum absolute atomic E-state index is 12.3. The van der Waals surface area contributed by atoms with Crippen molar-refractivity contribution in [2.75, 3.05) is 7.05 Å². The van der Waals surface area contributed by atoms with Crippen molar-refractivity contribution in [2.24, 2.45) is 0 Å². The number of nitro groups is 1. The molecule has 1 rings (SSSR count). The molecule has 6 nitrogen and oxygen atoms in total. The Hall–Kier alpha value is -2.42. The molecule has 1 atom stereocenters. The van der Waals surface area contributed by atoms with Crippen molar-refractivity contribution < 1.29 is 9.72 Å². The Kier molecular flexibility index (Phi) is 4.59. The maximum atomic E-state index is 12.3. The fourth-order valence-electron chi connectivity index (χ4n) is 1.61. The van der Waals surface area contributed by atoms with Crippen molar-refractivity contribution in [3.8, 4) is 6.07 Å². The van der Waals surface area contributed by atoms with Gasteiger partial charge in [-0.05, 0) is 19.4 Å². The molecule has 1 unspecified atom stereocenters. The summed E-state index contributed by atoms with van der Waals surface area (Å²) in [5.41, 5.74) is 0.850. The summed E-state index contributed by atoms with van der Waals surface area (Å²) in [5, 5.41) is 19.4. The molecule has 0 aromatic heterocycles. The summed E-state index contributed by atoms with van der Waals surface area (Å²) in [6, 6.07) is 5.94. The monoisotopic (exact) mass is 261 g/mol. The van der Waals surface area contributed by atoms with Crippen LogP contribution < -0.4 is 0 Å². The van der Waals surface area contributed by atoms with Crippen LogP contribution in [0.5, 0.6) is 0 Å². The van der Waals surface area contributed by atoms with Crippen molar-refractivity contribution in [1.82, 2.24) is 4.90 Å². The molecule has 0 aliphatic heterocycles. The summed E-state index contributed by atoms with van der Waals surface area (Å²) in [4.78, 5) is 23.9. The Morgan fingerprint density at radius 3 is 2.74 bits per heavy atom. The first kappa shape index (κ1) is 14.6. The largest absolute Gasteiger partial charge is 0.338 e. The van der Waals surface area contributed by atoms with Gasteiger partial charge in [0.2, 0.25) is 0 Å². The Labute approximate surface area is 111 Å². The molecule has 0 radical (unpaired) electrons. The minimum atomic E-state index is -0.533. The highest BCUT2D eigenvalue weighted by molar-refractivity contribution is 5.96. The van der Waals surface area contributed by atoms with Crippen LogP contribution in [0.3, 0.4) is 0 Å². The first-order chi connectivity index (χ1) is 8.88. The average molecular weight is 261 g/mol. The molecule has 1 aromatic carbocycles. The highest BCUT2D eigenvalue weighted by atomic mass is 16.6. The number of nitriles is 1. The van der Waals surface area contributed by atoms with Gasteiger partial charge in [-0.25, -0.2) is 0 Å². The number of carbonyl (C=O) groups excluding carboxylic acids is 1. The maximum Gasteiger partial charge on any atom is 0.270 e. The van der Waals surface area contributed by atoms with Crippen LogP contribution in [0.1, 0.15) is 29.3 Å². The summed E-state index contributed by atoms with van der Waals surface area (Å²) in [6.45, 7) is 3.48. The molecule has 100 valence electrons. The van der Waals surface area contributed by atoms with Crippen LogP contribution in [0, 0.1) is 28.4 Å². The fraction of sp³-hybridized carbons (Fsp3) is 0.385. The van der Waals surface area contributed by atoms with Crippen molar-refractivity contribution in [3.05, 3.63) is 39.4 Å². The second kappa shape index (κ2) is 5.96. The number of aryl methyl sites for hydroxylation is 1. The average Bonchev–Trinajstić information content (AvgIpc) is 2.37. The van der Waals surface area contributed by atoms with E-state index in [0.717, 1.165) is 0 Å². The van der Waals surface area contributed by atoms with Crippen LogP contribution >= 0.6 is 0 Å². The van der Waals surface area contributed by atoms with Crippen molar-refractivity contribution >= 4 is 11.6 Å². The number of nitro benzene ring substituents is 1. The van der Waals surface area contributed by atoms with Gasteiger partial charge in [-0.2, -0.15) is 5.26 Å². The number of hydrogen-bond donors (Lipinski definition) is 0. The third-order valence-electron chi connectivity index (χ3n) is 3.03. The van der Waals surface area contributed by atoms with E-state index in [-0.39, 0.29) is 24.1 Å². The zero-order chi connectivity index (χ0) is 14.6. The quantitative estimate of drug-likeness (QED) is 0.614. The van der Waals surface area contributed by atoms with Gasteiger partial charge in [-0.15, -0.1) is 0 Å². The van der Waals surface area contributed by atoms with E-state index in [1.165, 1.54) is 17.0 Å². The molecule has 0 heterocycles. The minimum absolute atomic E-state index is 0.115. The Morgan fingerprint density at radius 1 is 1.58 bits per heavy atom. The Bertz CT molecular complexity index is 549. The van der Waals surface area contributed by atoms with E-state index in [9.17, 15) is 14.9 Å². The first-order valence-corrected chi connectivity index (χ1v) is 5.77. The molecule has 0 fully saturated rings. The van der Waals surface area contributed by atoms with E-state index in [2.05, 4.69) is 0 Å². The molecule has 19 heavy (non-hydrogen) atoms. The van der Waals surface area contributed by atoms with Crippen LogP contribution in [-0.4, -0.2) is 28.8 Å². The summed E-state index contributed by atoms with van der Waals surface area (Å²) in [5.74, 6) is -0.316. The van der Waals surface area contributed by atoms with Crippen LogP contribution in [0.2, 0.25) is 0 Å². The van der Waals surface area contributed by atoms with Gasteiger partial charge in [0.25, 0.3) is 11.6 Å². The van der Waals surface area contributed by atoms with E-state index in [4.69, 9.17) is 5.26 Å². The van der Waals surface area contributed by atoms with Crippen molar-refractivity contribution in [2.45, 2.75) is 26.3 Å². The van der Waals surface area contributed by atoms with Gasteiger partial charge in [0.05, 0.1) is 17.4 Å². The highest BCUT2D eigenvalue weighted by Gasteiger charge is 2.21. The standard InChI is InChI=1S/C13H15N3O3/c1-9-4-5-11(16(18)19)8-12(9)13(17)15(3)10(2)6-7-14/h4-5,8,10H,6H2,1-3H3.